The predicted molar refractivity (Wildman–Crippen MR) is 63.8 cm³/mol. The van der Waals surface area contributed by atoms with Crippen molar-refractivity contribution in [1.29, 1.82) is 0 Å². The Morgan fingerprint density at radius 1 is 1.32 bits per heavy atom. The molecule has 1 aliphatic rings. The molecule has 2 rings (SSSR count). The first-order valence-electron chi connectivity index (χ1n) is 6.34. The Bertz CT molecular complexity index is 439. The van der Waals surface area contributed by atoms with E-state index in [0.717, 1.165) is 0 Å². The molecule has 1 aromatic rings. The fraction of sp³-hybridized carbons (Fsp3) is 0.727. The lowest BCUT2D eigenvalue weighted by Gasteiger charge is -2.26. The molecule has 1 amide bonds. The molecule has 8 heteroatoms. The fourth-order valence-corrected chi connectivity index (χ4v) is 2.35. The van der Waals surface area contributed by atoms with E-state index in [2.05, 4.69) is 25.9 Å². The van der Waals surface area contributed by atoms with Crippen LogP contribution in [0.3, 0.4) is 0 Å². The zero-order chi connectivity index (χ0) is 13.8. The van der Waals surface area contributed by atoms with Crippen LogP contribution in [0.1, 0.15) is 44.5 Å². The van der Waals surface area contributed by atoms with Crippen molar-refractivity contribution in [1.82, 2.24) is 25.9 Å². The number of aliphatic carboxylic acids is 1. The van der Waals surface area contributed by atoms with Crippen molar-refractivity contribution in [3.63, 3.8) is 0 Å². The van der Waals surface area contributed by atoms with Crippen molar-refractivity contribution in [2.45, 2.75) is 38.6 Å². The summed E-state index contributed by atoms with van der Waals surface area (Å²) in [5, 5.41) is 25.1. The molecule has 19 heavy (non-hydrogen) atoms. The maximum Gasteiger partial charge on any atom is 0.306 e. The lowest BCUT2D eigenvalue weighted by atomic mass is 9.81. The molecule has 104 valence electrons. The molecule has 0 spiro atoms. The first-order valence-corrected chi connectivity index (χ1v) is 6.34. The highest BCUT2D eigenvalue weighted by atomic mass is 16.4. The van der Waals surface area contributed by atoms with Gasteiger partial charge in [-0.15, -0.1) is 10.2 Å². The third-order valence-electron chi connectivity index (χ3n) is 3.56. The average molecular weight is 267 g/mol. The van der Waals surface area contributed by atoms with Crippen molar-refractivity contribution in [2.24, 2.45) is 11.8 Å². The summed E-state index contributed by atoms with van der Waals surface area (Å²) in [4.78, 5) is 22.9. The third kappa shape index (κ3) is 3.27. The van der Waals surface area contributed by atoms with Crippen LogP contribution < -0.4 is 5.32 Å². The molecule has 1 fully saturated rings. The minimum Gasteiger partial charge on any atom is -0.481 e. The molecular weight excluding hydrogens is 250 g/mol. The summed E-state index contributed by atoms with van der Waals surface area (Å²) in [6.07, 6.45) is 2.34. The molecule has 1 atom stereocenters. The summed E-state index contributed by atoms with van der Waals surface area (Å²) in [6.45, 7) is 1.78. The molecule has 0 aromatic carbocycles. The van der Waals surface area contributed by atoms with Gasteiger partial charge in [-0.3, -0.25) is 9.59 Å². The SMILES string of the molecule is CC(NC(=O)C1CCC(C(=O)O)CC1)c1nn[nH]n1. The fourth-order valence-electron chi connectivity index (χ4n) is 2.35. The molecule has 1 aliphatic carbocycles. The minimum atomic E-state index is -0.765. The molecule has 0 radical (unpaired) electrons. The van der Waals surface area contributed by atoms with Crippen LogP contribution >= 0.6 is 0 Å². The predicted octanol–water partition coefficient (Wildman–Crippen LogP) is 0.268. The third-order valence-corrected chi connectivity index (χ3v) is 3.56. The highest BCUT2D eigenvalue weighted by Gasteiger charge is 2.30. The molecule has 3 N–H and O–H groups in total. The van der Waals surface area contributed by atoms with Gasteiger partial charge in [0.15, 0.2) is 5.82 Å². The number of carboxylic acids is 1. The van der Waals surface area contributed by atoms with E-state index in [0.29, 0.717) is 31.5 Å². The number of H-pyrrole nitrogens is 1. The molecule has 1 saturated carbocycles. The molecule has 1 heterocycles. The van der Waals surface area contributed by atoms with Crippen molar-refractivity contribution in [2.75, 3.05) is 0 Å². The number of aromatic nitrogens is 4. The number of carbonyl (C=O) groups is 2. The minimum absolute atomic E-state index is 0.0684. The van der Waals surface area contributed by atoms with Gasteiger partial charge in [0, 0.05) is 5.92 Å². The molecular formula is C11H17N5O3. The zero-order valence-corrected chi connectivity index (χ0v) is 10.7. The number of hydrogen-bond acceptors (Lipinski definition) is 5. The summed E-state index contributed by atoms with van der Waals surface area (Å²) in [7, 11) is 0. The molecule has 0 saturated heterocycles. The van der Waals surface area contributed by atoms with Crippen LogP contribution in [0.25, 0.3) is 0 Å². The van der Waals surface area contributed by atoms with Crippen molar-refractivity contribution >= 4 is 11.9 Å². The van der Waals surface area contributed by atoms with Crippen LogP contribution in [0.5, 0.6) is 0 Å². The van der Waals surface area contributed by atoms with Crippen molar-refractivity contribution in [3.8, 4) is 0 Å². The monoisotopic (exact) mass is 267 g/mol. The first kappa shape index (κ1) is 13.4. The molecule has 8 nitrogen and oxygen atoms in total. The summed E-state index contributed by atoms with van der Waals surface area (Å²) in [5.74, 6) is -0.823. The summed E-state index contributed by atoms with van der Waals surface area (Å²) in [5.41, 5.74) is 0. The van der Waals surface area contributed by atoms with Crippen molar-refractivity contribution < 1.29 is 14.7 Å². The van der Waals surface area contributed by atoms with E-state index in [1.807, 2.05) is 0 Å². The van der Waals surface area contributed by atoms with Gasteiger partial charge < -0.3 is 10.4 Å². The number of aromatic amines is 1. The van der Waals surface area contributed by atoms with Gasteiger partial charge in [-0.1, -0.05) is 5.21 Å². The number of carbonyl (C=O) groups excluding carboxylic acids is 1. The number of tetrazole rings is 1. The Morgan fingerprint density at radius 3 is 2.47 bits per heavy atom. The number of rotatable bonds is 4. The van der Waals surface area contributed by atoms with Crippen LogP contribution in [-0.2, 0) is 9.59 Å². The Hall–Kier alpha value is -1.99. The zero-order valence-electron chi connectivity index (χ0n) is 10.7. The van der Waals surface area contributed by atoms with E-state index in [9.17, 15) is 9.59 Å². The number of carboxylic acid groups (broad SMARTS) is 1. The number of amides is 1. The summed E-state index contributed by atoms with van der Waals surface area (Å²) >= 11 is 0. The van der Waals surface area contributed by atoms with Gasteiger partial charge in [-0.2, -0.15) is 5.21 Å². The van der Waals surface area contributed by atoms with E-state index in [-0.39, 0.29) is 23.8 Å². The van der Waals surface area contributed by atoms with E-state index in [4.69, 9.17) is 5.11 Å². The van der Waals surface area contributed by atoms with E-state index >= 15 is 0 Å². The standard InChI is InChI=1S/C11H17N5O3/c1-6(9-13-15-16-14-9)12-10(17)7-2-4-8(5-3-7)11(18)19/h6-8H,2-5H2,1H3,(H,12,17)(H,18,19)(H,13,14,15,16). The maximum atomic E-state index is 12.0. The number of hydrogen-bond donors (Lipinski definition) is 3. The van der Waals surface area contributed by atoms with Crippen molar-refractivity contribution in [3.05, 3.63) is 5.82 Å². The summed E-state index contributed by atoms with van der Waals surface area (Å²) < 4.78 is 0. The van der Waals surface area contributed by atoms with Gasteiger partial charge in [-0.05, 0) is 32.6 Å². The summed E-state index contributed by atoms with van der Waals surface area (Å²) in [6, 6.07) is -0.302. The highest BCUT2D eigenvalue weighted by Crippen LogP contribution is 2.29. The Morgan fingerprint density at radius 2 is 1.95 bits per heavy atom. The molecule has 1 aromatic heterocycles. The second-order valence-corrected chi connectivity index (χ2v) is 4.89. The number of nitrogens with zero attached hydrogens (tertiary/aromatic N) is 3. The lowest BCUT2D eigenvalue weighted by Crippen LogP contribution is -2.36. The van der Waals surface area contributed by atoms with Crippen LogP contribution in [-0.4, -0.2) is 37.6 Å². The van der Waals surface area contributed by atoms with Crippen LogP contribution in [0.15, 0.2) is 0 Å². The maximum absolute atomic E-state index is 12.0. The Labute approximate surface area is 110 Å². The van der Waals surface area contributed by atoms with Crippen LogP contribution in [0, 0.1) is 11.8 Å². The molecule has 1 unspecified atom stereocenters. The van der Waals surface area contributed by atoms with Gasteiger partial charge in [0.05, 0.1) is 12.0 Å². The lowest BCUT2D eigenvalue weighted by molar-refractivity contribution is -0.144. The topological polar surface area (TPSA) is 121 Å². The largest absolute Gasteiger partial charge is 0.481 e. The smallest absolute Gasteiger partial charge is 0.306 e. The van der Waals surface area contributed by atoms with E-state index in [1.165, 1.54) is 0 Å². The van der Waals surface area contributed by atoms with Gasteiger partial charge >= 0.3 is 5.97 Å². The second-order valence-electron chi connectivity index (χ2n) is 4.89. The number of nitrogens with one attached hydrogen (secondary N) is 2. The van der Waals surface area contributed by atoms with Gasteiger partial charge in [0.2, 0.25) is 5.91 Å². The highest BCUT2D eigenvalue weighted by molar-refractivity contribution is 5.79. The second kappa shape index (κ2) is 5.77. The molecule has 0 aliphatic heterocycles. The van der Waals surface area contributed by atoms with Crippen LogP contribution in [0.4, 0.5) is 0 Å². The normalized spacial score (nSPS) is 24.7. The first-order chi connectivity index (χ1) is 9.08. The van der Waals surface area contributed by atoms with Crippen LogP contribution in [0.2, 0.25) is 0 Å². The Kier molecular flexibility index (Phi) is 4.08. The molecule has 0 bridgehead atoms. The van der Waals surface area contributed by atoms with E-state index in [1.54, 1.807) is 6.92 Å². The Balaban J connectivity index is 1.83. The quantitative estimate of drug-likeness (QED) is 0.720. The average Bonchev–Trinajstić information content (AvgIpc) is 2.92. The van der Waals surface area contributed by atoms with Gasteiger partial charge in [0.25, 0.3) is 0 Å². The van der Waals surface area contributed by atoms with E-state index < -0.39 is 5.97 Å². The van der Waals surface area contributed by atoms with Gasteiger partial charge in [0.1, 0.15) is 0 Å². The van der Waals surface area contributed by atoms with Gasteiger partial charge in [-0.25, -0.2) is 0 Å².